The maximum Gasteiger partial charge on any atom is 0.255 e. The normalized spacial score (nSPS) is 19.3. The van der Waals surface area contributed by atoms with Crippen LogP contribution in [0.5, 0.6) is 5.75 Å². The number of methoxy groups -OCH3 is 1. The topological polar surface area (TPSA) is 73.2 Å². The Hall–Kier alpha value is -3.15. The Morgan fingerprint density at radius 1 is 1.18 bits per heavy atom. The van der Waals surface area contributed by atoms with E-state index in [1.165, 1.54) is 0 Å². The van der Waals surface area contributed by atoms with Crippen LogP contribution in [0.2, 0.25) is 0 Å². The molecule has 0 bridgehead atoms. The number of carbonyl (C=O) groups excluding carboxylic acids is 2. The Bertz CT molecular complexity index is 989. The van der Waals surface area contributed by atoms with Gasteiger partial charge in [0.2, 0.25) is 0 Å². The average Bonchev–Trinajstić information content (AvgIpc) is 3.16. The summed E-state index contributed by atoms with van der Waals surface area (Å²) < 4.78 is 7.46. The molecule has 1 N–H and O–H groups in total. The molecule has 28 heavy (non-hydrogen) atoms. The van der Waals surface area contributed by atoms with Gasteiger partial charge in [0.15, 0.2) is 0 Å². The van der Waals surface area contributed by atoms with Gasteiger partial charge in [-0.3, -0.25) is 9.48 Å². The quantitative estimate of drug-likeness (QED) is 0.676. The maximum atomic E-state index is 12.5. The third-order valence-electron chi connectivity index (χ3n) is 5.44. The molecule has 1 saturated carbocycles. The van der Waals surface area contributed by atoms with Crippen molar-refractivity contribution in [3.63, 3.8) is 0 Å². The van der Waals surface area contributed by atoms with Crippen LogP contribution in [0.1, 0.15) is 42.1 Å². The summed E-state index contributed by atoms with van der Waals surface area (Å²) in [6.07, 6.45) is 6.80. The first kappa shape index (κ1) is 18.2. The van der Waals surface area contributed by atoms with Crippen molar-refractivity contribution in [3.8, 4) is 5.75 Å². The fourth-order valence-corrected chi connectivity index (χ4v) is 3.81. The molecular formula is C22H23N3O3. The van der Waals surface area contributed by atoms with Crippen molar-refractivity contribution in [1.82, 2.24) is 9.78 Å². The van der Waals surface area contributed by atoms with E-state index in [1.54, 1.807) is 19.2 Å². The van der Waals surface area contributed by atoms with Crippen LogP contribution in [0, 0.1) is 5.92 Å². The van der Waals surface area contributed by atoms with E-state index in [0.29, 0.717) is 23.0 Å². The number of anilines is 1. The first-order valence-electron chi connectivity index (χ1n) is 9.56. The van der Waals surface area contributed by atoms with E-state index in [1.807, 2.05) is 41.2 Å². The number of fused-ring (bicyclic) bond motifs is 1. The van der Waals surface area contributed by atoms with Gasteiger partial charge >= 0.3 is 0 Å². The van der Waals surface area contributed by atoms with Crippen LogP contribution in [0.25, 0.3) is 10.9 Å². The number of benzene rings is 2. The Kier molecular flexibility index (Phi) is 5.10. The maximum absolute atomic E-state index is 12.5. The summed E-state index contributed by atoms with van der Waals surface area (Å²) in [5, 5.41) is 8.59. The first-order valence-corrected chi connectivity index (χ1v) is 9.56. The molecule has 4 rings (SSSR count). The minimum Gasteiger partial charge on any atom is -0.494 e. The number of hydrogen-bond donors (Lipinski definition) is 1. The number of carbonyl (C=O) groups is 2. The van der Waals surface area contributed by atoms with Gasteiger partial charge in [-0.25, -0.2) is 0 Å². The van der Waals surface area contributed by atoms with Gasteiger partial charge in [-0.05, 0) is 43.9 Å². The molecule has 6 nitrogen and oxygen atoms in total. The number of rotatable bonds is 5. The van der Waals surface area contributed by atoms with Gasteiger partial charge in [0, 0.05) is 29.1 Å². The summed E-state index contributed by atoms with van der Waals surface area (Å²) in [4.78, 5) is 23.5. The summed E-state index contributed by atoms with van der Waals surface area (Å²) in [6, 6.07) is 13.1. The molecule has 0 aliphatic heterocycles. The van der Waals surface area contributed by atoms with Crippen molar-refractivity contribution in [2.24, 2.45) is 5.92 Å². The standard InChI is InChI=1S/C22H23N3O3/c1-28-21-12-19-17(11-20(21)23-22(27)16-5-3-2-4-6-16)13-25(24-19)18-9-7-15(14-26)8-10-18/h2-6,11-15,18H,7-10H2,1H3,(H,23,27)/t15-,18-. The zero-order chi connectivity index (χ0) is 19.5. The fourth-order valence-electron chi connectivity index (χ4n) is 3.81. The number of amides is 1. The van der Waals surface area contributed by atoms with Crippen LogP contribution in [-0.2, 0) is 4.79 Å². The van der Waals surface area contributed by atoms with E-state index in [0.717, 1.165) is 42.9 Å². The molecule has 1 amide bonds. The molecule has 1 aromatic heterocycles. The van der Waals surface area contributed by atoms with Gasteiger partial charge in [0.25, 0.3) is 5.91 Å². The Morgan fingerprint density at radius 2 is 1.93 bits per heavy atom. The highest BCUT2D eigenvalue weighted by Gasteiger charge is 2.23. The number of nitrogens with one attached hydrogen (secondary N) is 1. The second-order valence-corrected chi connectivity index (χ2v) is 7.25. The molecule has 0 radical (unpaired) electrons. The zero-order valence-electron chi connectivity index (χ0n) is 15.8. The molecule has 0 saturated heterocycles. The zero-order valence-corrected chi connectivity index (χ0v) is 15.8. The van der Waals surface area contributed by atoms with Crippen molar-refractivity contribution in [2.75, 3.05) is 12.4 Å². The summed E-state index contributed by atoms with van der Waals surface area (Å²) >= 11 is 0. The Balaban J connectivity index is 1.60. The van der Waals surface area contributed by atoms with Crippen LogP contribution in [-0.4, -0.2) is 29.1 Å². The number of aromatic nitrogens is 2. The highest BCUT2D eigenvalue weighted by atomic mass is 16.5. The summed E-state index contributed by atoms with van der Waals surface area (Å²) in [7, 11) is 1.58. The van der Waals surface area contributed by atoms with Crippen LogP contribution in [0.4, 0.5) is 5.69 Å². The highest BCUT2D eigenvalue weighted by Crippen LogP contribution is 2.34. The van der Waals surface area contributed by atoms with E-state index in [9.17, 15) is 9.59 Å². The van der Waals surface area contributed by atoms with Gasteiger partial charge in [-0.2, -0.15) is 5.10 Å². The van der Waals surface area contributed by atoms with E-state index in [4.69, 9.17) is 9.84 Å². The molecule has 3 aromatic rings. The molecule has 1 aliphatic carbocycles. The van der Waals surface area contributed by atoms with Crippen LogP contribution >= 0.6 is 0 Å². The number of nitrogens with zero attached hydrogens (tertiary/aromatic N) is 2. The number of hydrogen-bond acceptors (Lipinski definition) is 4. The minimum absolute atomic E-state index is 0.182. The number of ether oxygens (including phenoxy) is 1. The van der Waals surface area contributed by atoms with Gasteiger partial charge in [0.05, 0.1) is 24.4 Å². The van der Waals surface area contributed by atoms with Crippen molar-refractivity contribution in [1.29, 1.82) is 0 Å². The molecular weight excluding hydrogens is 354 g/mol. The van der Waals surface area contributed by atoms with Crippen molar-refractivity contribution < 1.29 is 14.3 Å². The van der Waals surface area contributed by atoms with Crippen LogP contribution in [0.15, 0.2) is 48.7 Å². The van der Waals surface area contributed by atoms with Gasteiger partial charge in [0.1, 0.15) is 12.0 Å². The number of aldehydes is 1. The van der Waals surface area contributed by atoms with E-state index in [-0.39, 0.29) is 11.8 Å². The lowest BCUT2D eigenvalue weighted by Crippen LogP contribution is -2.19. The molecule has 0 atom stereocenters. The van der Waals surface area contributed by atoms with Crippen LogP contribution < -0.4 is 10.1 Å². The van der Waals surface area contributed by atoms with E-state index >= 15 is 0 Å². The van der Waals surface area contributed by atoms with Gasteiger partial charge < -0.3 is 14.8 Å². The predicted molar refractivity (Wildman–Crippen MR) is 108 cm³/mol. The third-order valence-corrected chi connectivity index (χ3v) is 5.44. The van der Waals surface area contributed by atoms with Crippen molar-refractivity contribution in [2.45, 2.75) is 31.7 Å². The SMILES string of the molecule is COc1cc2nn([C@H]3CC[C@H](C=O)CC3)cc2cc1NC(=O)c1ccccc1. The fraction of sp³-hybridized carbons (Fsp3) is 0.318. The van der Waals surface area contributed by atoms with Crippen molar-refractivity contribution >= 4 is 28.8 Å². The Morgan fingerprint density at radius 3 is 2.61 bits per heavy atom. The molecule has 1 fully saturated rings. The lowest BCUT2D eigenvalue weighted by molar-refractivity contribution is -0.112. The second kappa shape index (κ2) is 7.84. The molecule has 6 heteroatoms. The molecule has 2 aromatic carbocycles. The second-order valence-electron chi connectivity index (χ2n) is 7.25. The summed E-state index contributed by atoms with van der Waals surface area (Å²) in [5.74, 6) is 0.575. The summed E-state index contributed by atoms with van der Waals surface area (Å²) in [6.45, 7) is 0. The monoisotopic (exact) mass is 377 g/mol. The molecule has 0 spiro atoms. The lowest BCUT2D eigenvalue weighted by atomic mass is 9.87. The van der Waals surface area contributed by atoms with Crippen molar-refractivity contribution in [3.05, 3.63) is 54.2 Å². The van der Waals surface area contributed by atoms with E-state index in [2.05, 4.69) is 5.32 Å². The molecule has 0 unspecified atom stereocenters. The summed E-state index contributed by atoms with van der Waals surface area (Å²) in [5.41, 5.74) is 2.03. The largest absolute Gasteiger partial charge is 0.494 e. The molecule has 1 heterocycles. The third kappa shape index (κ3) is 3.63. The van der Waals surface area contributed by atoms with E-state index < -0.39 is 0 Å². The lowest BCUT2D eigenvalue weighted by Gasteiger charge is -2.25. The minimum atomic E-state index is -0.183. The smallest absolute Gasteiger partial charge is 0.255 e. The molecule has 144 valence electrons. The predicted octanol–water partition coefficient (Wildman–Crippen LogP) is 4.23. The molecule has 1 aliphatic rings. The van der Waals surface area contributed by atoms with Gasteiger partial charge in [-0.15, -0.1) is 0 Å². The first-order chi connectivity index (χ1) is 13.7. The van der Waals surface area contributed by atoms with Crippen LogP contribution in [0.3, 0.4) is 0 Å². The average molecular weight is 377 g/mol. The van der Waals surface area contributed by atoms with Gasteiger partial charge in [-0.1, -0.05) is 18.2 Å². The highest BCUT2D eigenvalue weighted by molar-refractivity contribution is 6.06. The Labute approximate surface area is 163 Å².